The van der Waals surface area contributed by atoms with Gasteiger partial charge in [0.05, 0.1) is 0 Å². The number of pyridine rings is 1. The molecular weight excluding hydrogens is 272 g/mol. The Morgan fingerprint density at radius 1 is 1.00 bits per heavy atom. The minimum Gasteiger partial charge on any atom is -0.347 e. The second-order valence-corrected chi connectivity index (χ2v) is 5.45. The monoisotopic (exact) mass is 296 g/mol. The van der Waals surface area contributed by atoms with Gasteiger partial charge in [0, 0.05) is 12.7 Å². The summed E-state index contributed by atoms with van der Waals surface area (Å²) in [4.78, 5) is 16.3. The van der Waals surface area contributed by atoms with Gasteiger partial charge in [-0.25, -0.2) is 0 Å². The highest BCUT2D eigenvalue weighted by Crippen LogP contribution is 2.18. The van der Waals surface area contributed by atoms with Crippen molar-refractivity contribution in [1.82, 2.24) is 10.3 Å². The molecule has 1 amide bonds. The summed E-state index contributed by atoms with van der Waals surface area (Å²) in [6, 6.07) is 11.8. The van der Waals surface area contributed by atoms with E-state index in [0.29, 0.717) is 12.2 Å². The van der Waals surface area contributed by atoms with E-state index in [0.717, 1.165) is 25.7 Å². The van der Waals surface area contributed by atoms with Crippen molar-refractivity contribution in [3.63, 3.8) is 0 Å². The number of carbonyl (C=O) groups excluding carboxylic acids is 1. The van der Waals surface area contributed by atoms with Gasteiger partial charge in [0.25, 0.3) is 5.91 Å². The average Bonchev–Trinajstić information content (AvgIpc) is 2.55. The lowest BCUT2D eigenvalue weighted by Crippen LogP contribution is -2.25. The largest absolute Gasteiger partial charge is 0.347 e. The molecule has 3 nitrogen and oxygen atoms in total. The summed E-state index contributed by atoms with van der Waals surface area (Å²) in [6.45, 7) is 4.94. The normalized spacial score (nSPS) is 10.5. The number of hydrogen-bond acceptors (Lipinski definition) is 2. The maximum absolute atomic E-state index is 12.2. The van der Waals surface area contributed by atoms with E-state index in [-0.39, 0.29) is 5.91 Å². The molecule has 22 heavy (non-hydrogen) atoms. The van der Waals surface area contributed by atoms with Gasteiger partial charge in [-0.05, 0) is 41.7 Å². The van der Waals surface area contributed by atoms with Gasteiger partial charge in [0.1, 0.15) is 5.69 Å². The lowest BCUT2D eigenvalue weighted by atomic mass is 9.95. The van der Waals surface area contributed by atoms with E-state index in [1.807, 2.05) is 12.1 Å². The highest BCUT2D eigenvalue weighted by Gasteiger charge is 2.11. The van der Waals surface area contributed by atoms with E-state index in [9.17, 15) is 4.79 Å². The fourth-order valence-corrected chi connectivity index (χ4v) is 2.68. The Bertz CT molecular complexity index is 584. The molecule has 0 spiro atoms. The summed E-state index contributed by atoms with van der Waals surface area (Å²) in [7, 11) is 0. The third-order valence-corrected chi connectivity index (χ3v) is 3.73. The first-order valence-corrected chi connectivity index (χ1v) is 8.05. The lowest BCUT2D eigenvalue weighted by Gasteiger charge is -2.15. The van der Waals surface area contributed by atoms with E-state index in [1.165, 1.54) is 16.7 Å². The second-order valence-electron chi connectivity index (χ2n) is 5.45. The van der Waals surface area contributed by atoms with Crippen LogP contribution in [0.4, 0.5) is 0 Å². The van der Waals surface area contributed by atoms with Crippen molar-refractivity contribution in [2.45, 2.75) is 46.1 Å². The number of amides is 1. The van der Waals surface area contributed by atoms with Crippen LogP contribution in [0.3, 0.4) is 0 Å². The first-order valence-electron chi connectivity index (χ1n) is 8.05. The number of rotatable bonds is 7. The minimum absolute atomic E-state index is 0.116. The van der Waals surface area contributed by atoms with Crippen LogP contribution in [0.25, 0.3) is 0 Å². The Hall–Kier alpha value is -2.16. The Balaban J connectivity index is 2.15. The summed E-state index contributed by atoms with van der Waals surface area (Å²) in [5, 5.41) is 3.01. The smallest absolute Gasteiger partial charge is 0.270 e. The van der Waals surface area contributed by atoms with Crippen molar-refractivity contribution >= 4 is 5.91 Å². The van der Waals surface area contributed by atoms with E-state index in [1.54, 1.807) is 12.3 Å². The number of hydrogen-bond donors (Lipinski definition) is 1. The van der Waals surface area contributed by atoms with Crippen molar-refractivity contribution in [2.75, 3.05) is 0 Å². The molecule has 0 bridgehead atoms. The molecule has 0 aliphatic carbocycles. The highest BCUT2D eigenvalue weighted by atomic mass is 16.1. The molecular formula is C19H24N2O. The van der Waals surface area contributed by atoms with Crippen molar-refractivity contribution < 1.29 is 4.79 Å². The summed E-state index contributed by atoms with van der Waals surface area (Å²) in [6.07, 6.45) is 5.95. The summed E-state index contributed by atoms with van der Waals surface area (Å²) >= 11 is 0. The van der Waals surface area contributed by atoms with Crippen LogP contribution in [0.1, 0.15) is 53.9 Å². The first-order chi connectivity index (χ1) is 10.8. The molecule has 0 saturated heterocycles. The van der Waals surface area contributed by atoms with E-state index >= 15 is 0 Å². The van der Waals surface area contributed by atoms with Gasteiger partial charge in [-0.1, -0.05) is 51.0 Å². The summed E-state index contributed by atoms with van der Waals surface area (Å²) < 4.78 is 0. The van der Waals surface area contributed by atoms with Crippen LogP contribution in [-0.2, 0) is 19.4 Å². The predicted molar refractivity (Wildman–Crippen MR) is 89.8 cm³/mol. The molecule has 1 aromatic carbocycles. The molecule has 1 heterocycles. The summed E-state index contributed by atoms with van der Waals surface area (Å²) in [5.41, 5.74) is 4.42. The standard InChI is InChI=1S/C19H24N2O/c1-3-8-15-10-7-11-16(9-4-2)17(15)14-21-19(22)18-12-5-6-13-20-18/h5-7,10-13H,3-4,8-9,14H2,1-2H3,(H,21,22). The van der Waals surface area contributed by atoms with Crippen LogP contribution < -0.4 is 5.32 Å². The molecule has 0 atom stereocenters. The van der Waals surface area contributed by atoms with Gasteiger partial charge in [-0.15, -0.1) is 0 Å². The second kappa shape index (κ2) is 8.32. The quantitative estimate of drug-likeness (QED) is 0.841. The molecule has 2 rings (SSSR count). The fraction of sp³-hybridized carbons (Fsp3) is 0.368. The molecule has 0 radical (unpaired) electrons. The molecule has 0 saturated carbocycles. The molecule has 116 valence electrons. The molecule has 1 aromatic heterocycles. The van der Waals surface area contributed by atoms with E-state index in [4.69, 9.17) is 0 Å². The van der Waals surface area contributed by atoms with Crippen LogP contribution in [0, 0.1) is 0 Å². The average molecular weight is 296 g/mol. The zero-order chi connectivity index (χ0) is 15.8. The van der Waals surface area contributed by atoms with Crippen LogP contribution in [-0.4, -0.2) is 10.9 Å². The van der Waals surface area contributed by atoms with Gasteiger partial charge < -0.3 is 5.32 Å². The van der Waals surface area contributed by atoms with Crippen LogP contribution in [0.2, 0.25) is 0 Å². The van der Waals surface area contributed by atoms with Crippen LogP contribution in [0.15, 0.2) is 42.6 Å². The number of aryl methyl sites for hydroxylation is 2. The zero-order valence-corrected chi connectivity index (χ0v) is 13.4. The molecule has 2 aromatic rings. The lowest BCUT2D eigenvalue weighted by molar-refractivity contribution is 0.0946. The van der Waals surface area contributed by atoms with Gasteiger partial charge in [-0.2, -0.15) is 0 Å². The van der Waals surface area contributed by atoms with Crippen LogP contribution >= 0.6 is 0 Å². The Morgan fingerprint density at radius 3 is 2.23 bits per heavy atom. The molecule has 0 aliphatic rings. The number of benzene rings is 1. The Labute approximate surface area is 132 Å². The molecule has 0 aliphatic heterocycles. The zero-order valence-electron chi connectivity index (χ0n) is 13.4. The number of nitrogens with zero attached hydrogens (tertiary/aromatic N) is 1. The van der Waals surface area contributed by atoms with E-state index in [2.05, 4.69) is 42.3 Å². The third kappa shape index (κ3) is 4.17. The maximum Gasteiger partial charge on any atom is 0.270 e. The number of aromatic nitrogens is 1. The third-order valence-electron chi connectivity index (χ3n) is 3.73. The Morgan fingerprint density at radius 2 is 1.68 bits per heavy atom. The van der Waals surface area contributed by atoms with Gasteiger partial charge in [-0.3, -0.25) is 9.78 Å². The van der Waals surface area contributed by atoms with Gasteiger partial charge >= 0.3 is 0 Å². The minimum atomic E-state index is -0.116. The maximum atomic E-state index is 12.2. The van der Waals surface area contributed by atoms with E-state index < -0.39 is 0 Å². The summed E-state index contributed by atoms with van der Waals surface area (Å²) in [5.74, 6) is -0.116. The van der Waals surface area contributed by atoms with Crippen molar-refractivity contribution in [3.8, 4) is 0 Å². The molecule has 0 fully saturated rings. The van der Waals surface area contributed by atoms with Gasteiger partial charge in [0.15, 0.2) is 0 Å². The number of nitrogens with one attached hydrogen (secondary N) is 1. The van der Waals surface area contributed by atoms with Crippen LogP contribution in [0.5, 0.6) is 0 Å². The topological polar surface area (TPSA) is 42.0 Å². The molecule has 1 N–H and O–H groups in total. The molecule has 0 unspecified atom stereocenters. The fourth-order valence-electron chi connectivity index (χ4n) is 2.68. The first kappa shape index (κ1) is 16.2. The number of carbonyl (C=O) groups is 1. The molecule has 3 heteroatoms. The predicted octanol–water partition coefficient (Wildman–Crippen LogP) is 3.92. The van der Waals surface area contributed by atoms with Crippen molar-refractivity contribution in [2.24, 2.45) is 0 Å². The Kier molecular flexibility index (Phi) is 6.13. The SMILES string of the molecule is CCCc1cccc(CCC)c1CNC(=O)c1ccccn1. The van der Waals surface area contributed by atoms with Crippen molar-refractivity contribution in [3.05, 3.63) is 65.0 Å². The van der Waals surface area contributed by atoms with Gasteiger partial charge in [0.2, 0.25) is 0 Å². The highest BCUT2D eigenvalue weighted by molar-refractivity contribution is 5.92. The van der Waals surface area contributed by atoms with Crippen molar-refractivity contribution in [1.29, 1.82) is 0 Å².